The minimum absolute atomic E-state index is 0.0346. The van der Waals surface area contributed by atoms with E-state index in [2.05, 4.69) is 58.8 Å². The van der Waals surface area contributed by atoms with Crippen molar-refractivity contribution in [3.05, 3.63) is 191 Å². The Morgan fingerprint density at radius 3 is 0.986 bits per heavy atom. The molecule has 1 fully saturated rings. The smallest absolute Gasteiger partial charge is 0.228 e. The van der Waals surface area contributed by atoms with Gasteiger partial charge in [-0.05, 0) is 121 Å². The summed E-state index contributed by atoms with van der Waals surface area (Å²) in [5.74, 6) is 9.84. The molecule has 7 rings (SSSR count). The highest BCUT2D eigenvalue weighted by molar-refractivity contribution is 6.01. The number of anilines is 4. The number of hydrogen-bond acceptors (Lipinski definition) is 4. The van der Waals surface area contributed by atoms with Gasteiger partial charge in [-0.15, -0.1) is 0 Å². The molecule has 0 radical (unpaired) electrons. The largest absolute Gasteiger partial charge is 0.326 e. The highest BCUT2D eigenvalue weighted by Crippen LogP contribution is 2.58. The lowest BCUT2D eigenvalue weighted by molar-refractivity contribution is -0.134. The summed E-state index contributed by atoms with van der Waals surface area (Å²) in [7, 11) is 0. The van der Waals surface area contributed by atoms with E-state index in [1.165, 1.54) is 38.5 Å². The zero-order chi connectivity index (χ0) is 50.3. The highest BCUT2D eigenvalue weighted by Gasteiger charge is 2.58. The predicted octanol–water partition coefficient (Wildman–Crippen LogP) is 14.3. The van der Waals surface area contributed by atoms with E-state index in [0.29, 0.717) is 35.6 Å². The summed E-state index contributed by atoms with van der Waals surface area (Å²) in [6, 6.07) is 49.6. The fraction of sp³-hybridized carbons (Fsp3) is 0.312. The van der Waals surface area contributed by atoms with Crippen LogP contribution in [0.4, 0.5) is 22.7 Å². The third kappa shape index (κ3) is 15.7. The maximum atomic E-state index is 14.9. The lowest BCUT2D eigenvalue weighted by atomic mass is 9.52. The molecule has 4 N–H and O–H groups in total. The summed E-state index contributed by atoms with van der Waals surface area (Å²) in [5, 5.41) is 12.5. The van der Waals surface area contributed by atoms with Crippen molar-refractivity contribution in [3.8, 4) is 23.7 Å². The Bertz CT molecular complexity index is 2600. The van der Waals surface area contributed by atoms with Gasteiger partial charge in [0.25, 0.3) is 0 Å². The average molecular weight is 957 g/mol. The summed E-state index contributed by atoms with van der Waals surface area (Å²) in [6.45, 7) is 4.39. The number of hydrogen-bond donors (Lipinski definition) is 4. The van der Waals surface area contributed by atoms with Crippen molar-refractivity contribution in [2.24, 2.45) is 11.8 Å². The Morgan fingerprint density at radius 1 is 0.347 bits per heavy atom. The first-order valence-electron chi connectivity index (χ1n) is 26.0. The van der Waals surface area contributed by atoms with E-state index in [1.54, 1.807) is 0 Å². The van der Waals surface area contributed by atoms with Gasteiger partial charge >= 0.3 is 0 Å². The second-order valence-corrected chi connectivity index (χ2v) is 18.8. The zero-order valence-corrected chi connectivity index (χ0v) is 41.9. The molecule has 0 unspecified atom stereocenters. The van der Waals surface area contributed by atoms with Crippen LogP contribution in [0.1, 0.15) is 149 Å². The number of nitrogens with one attached hydrogen (secondary N) is 4. The maximum Gasteiger partial charge on any atom is 0.228 e. The van der Waals surface area contributed by atoms with Gasteiger partial charge in [-0.2, -0.15) is 0 Å². The van der Waals surface area contributed by atoms with Crippen LogP contribution in [-0.4, -0.2) is 23.6 Å². The van der Waals surface area contributed by atoms with Gasteiger partial charge in [-0.1, -0.05) is 162 Å². The van der Waals surface area contributed by atoms with E-state index < -0.39 is 23.7 Å². The second-order valence-electron chi connectivity index (χ2n) is 18.8. The minimum Gasteiger partial charge on any atom is -0.326 e. The third-order valence-corrected chi connectivity index (χ3v) is 13.4. The monoisotopic (exact) mass is 957 g/mol. The van der Waals surface area contributed by atoms with E-state index in [0.717, 1.165) is 71.9 Å². The summed E-state index contributed by atoms with van der Waals surface area (Å²) < 4.78 is 0. The molecule has 368 valence electrons. The lowest BCUT2D eigenvalue weighted by Gasteiger charge is -2.50. The van der Waals surface area contributed by atoms with Crippen LogP contribution in [0.5, 0.6) is 0 Å². The Kier molecular flexibility index (Phi) is 20.0. The van der Waals surface area contributed by atoms with Crippen molar-refractivity contribution in [2.75, 3.05) is 21.3 Å². The lowest BCUT2D eigenvalue weighted by Crippen LogP contribution is -2.53. The Morgan fingerprint density at radius 2 is 0.639 bits per heavy atom. The zero-order valence-electron chi connectivity index (χ0n) is 41.9. The van der Waals surface area contributed by atoms with Gasteiger partial charge in [-0.3, -0.25) is 19.2 Å². The van der Waals surface area contributed by atoms with E-state index in [4.69, 9.17) is 0 Å². The van der Waals surface area contributed by atoms with Crippen molar-refractivity contribution in [1.29, 1.82) is 0 Å². The molecule has 0 saturated heterocycles. The molecule has 0 atom stereocenters. The van der Waals surface area contributed by atoms with Crippen molar-refractivity contribution in [2.45, 2.75) is 116 Å². The molecule has 0 aromatic heterocycles. The summed E-state index contributed by atoms with van der Waals surface area (Å²) in [4.78, 5) is 55.7. The van der Waals surface area contributed by atoms with E-state index in [1.807, 2.05) is 158 Å². The molecule has 6 aromatic carbocycles. The van der Waals surface area contributed by atoms with Gasteiger partial charge in [0.15, 0.2) is 0 Å². The molecule has 0 spiro atoms. The Balaban J connectivity index is 1.15. The van der Waals surface area contributed by atoms with E-state index in [-0.39, 0.29) is 23.6 Å². The van der Waals surface area contributed by atoms with Crippen LogP contribution in [0, 0.1) is 35.5 Å². The molecule has 1 aliphatic rings. The molecule has 8 heteroatoms. The molecule has 1 saturated carbocycles. The Labute approximate surface area is 427 Å². The standard InChI is InChI=1S/C64H68N4O4/c1-3-5-7-9-11-19-25-57(69)65-53-43-35-51(36-44-53)59-61(63(71)67-55-39-31-49(32-40-55)29-27-47-21-15-13-16-22-47)60(52-37-45-54(46-38-52)66-58(70)26-20-12-10-8-6-4-2)62(59)64(72)68-56-41-33-50(34-42-56)30-28-48-23-17-14-18-24-48/h13-18,21-24,31-46,59-62H,3-12,19-20,25-26H2,1-2H3,(H,65,69)(H,66,70)(H,67,71)(H,68,72). The fourth-order valence-corrected chi connectivity index (χ4v) is 9.44. The third-order valence-electron chi connectivity index (χ3n) is 13.4. The normalized spacial score (nSPS) is 15.6. The van der Waals surface area contributed by atoms with Gasteiger partial charge in [-0.25, -0.2) is 0 Å². The minimum atomic E-state index is -0.671. The first-order valence-corrected chi connectivity index (χ1v) is 26.0. The van der Waals surface area contributed by atoms with Crippen LogP contribution in [0.2, 0.25) is 0 Å². The number of carbonyl (C=O) groups is 4. The Hall–Kier alpha value is -7.68. The molecular weight excluding hydrogens is 889 g/mol. The number of rotatable bonds is 22. The van der Waals surface area contributed by atoms with Crippen LogP contribution in [-0.2, 0) is 19.2 Å². The first-order chi connectivity index (χ1) is 35.3. The fourth-order valence-electron chi connectivity index (χ4n) is 9.44. The van der Waals surface area contributed by atoms with Crippen molar-refractivity contribution >= 4 is 46.4 Å². The quantitative estimate of drug-likeness (QED) is 0.0401. The van der Waals surface area contributed by atoms with Gasteiger partial charge in [0.05, 0.1) is 11.8 Å². The molecule has 1 aliphatic carbocycles. The average Bonchev–Trinajstić information content (AvgIpc) is 3.39. The highest BCUT2D eigenvalue weighted by atomic mass is 16.2. The number of unbranched alkanes of at least 4 members (excludes halogenated alkanes) is 10. The predicted molar refractivity (Wildman–Crippen MR) is 294 cm³/mol. The van der Waals surface area contributed by atoms with Gasteiger partial charge in [0.2, 0.25) is 23.6 Å². The molecule has 0 heterocycles. The molecular formula is C64H68N4O4. The van der Waals surface area contributed by atoms with Crippen LogP contribution >= 0.6 is 0 Å². The van der Waals surface area contributed by atoms with Crippen LogP contribution in [0.3, 0.4) is 0 Å². The molecule has 4 amide bonds. The van der Waals surface area contributed by atoms with Gasteiger partial charge in [0, 0.05) is 69.7 Å². The SMILES string of the molecule is CCCCCCCCC(=O)Nc1ccc(C2C(C(=O)Nc3ccc(C#Cc4ccccc4)cc3)C(c3ccc(NC(=O)CCCCCCCC)cc3)C2C(=O)Nc2ccc(C#Cc3ccccc3)cc2)cc1. The second kappa shape index (κ2) is 27.6. The van der Waals surface area contributed by atoms with Crippen LogP contribution < -0.4 is 21.3 Å². The van der Waals surface area contributed by atoms with E-state index >= 15 is 0 Å². The van der Waals surface area contributed by atoms with Crippen molar-refractivity contribution < 1.29 is 19.2 Å². The maximum absolute atomic E-state index is 14.9. The van der Waals surface area contributed by atoms with Crippen LogP contribution in [0.15, 0.2) is 158 Å². The number of carbonyl (C=O) groups excluding carboxylic acids is 4. The van der Waals surface area contributed by atoms with Crippen molar-refractivity contribution in [3.63, 3.8) is 0 Å². The van der Waals surface area contributed by atoms with Gasteiger partial charge < -0.3 is 21.3 Å². The van der Waals surface area contributed by atoms with Crippen LogP contribution in [0.25, 0.3) is 0 Å². The van der Waals surface area contributed by atoms with Crippen molar-refractivity contribution in [1.82, 2.24) is 0 Å². The molecule has 6 aromatic rings. The summed E-state index contributed by atoms with van der Waals surface area (Å²) in [6.07, 6.45) is 14.1. The van der Waals surface area contributed by atoms with Gasteiger partial charge in [0.1, 0.15) is 0 Å². The number of benzene rings is 6. The first kappa shape index (κ1) is 52.2. The summed E-state index contributed by atoms with van der Waals surface area (Å²) in [5.41, 5.74) is 7.58. The summed E-state index contributed by atoms with van der Waals surface area (Å²) >= 11 is 0. The number of amides is 4. The molecule has 0 aliphatic heterocycles. The molecule has 8 nitrogen and oxygen atoms in total. The molecule has 0 bridgehead atoms. The molecule has 72 heavy (non-hydrogen) atoms. The topological polar surface area (TPSA) is 116 Å². The van der Waals surface area contributed by atoms with E-state index in [9.17, 15) is 19.2 Å².